The smallest absolute Gasteiger partial charge is 0.242 e. The lowest BCUT2D eigenvalue weighted by molar-refractivity contribution is 0.281. The van der Waals surface area contributed by atoms with E-state index in [1.807, 2.05) is 0 Å². The zero-order valence-corrected chi connectivity index (χ0v) is 13.5. The van der Waals surface area contributed by atoms with Gasteiger partial charge in [0.25, 0.3) is 0 Å². The molecule has 0 radical (unpaired) electrons. The SMILES string of the molecule is O=S(=O)(NCCCN1CCCC1)c1cc(CO)ccc1Cl. The van der Waals surface area contributed by atoms with Crippen LogP contribution in [-0.2, 0) is 16.6 Å². The Bertz CT molecular complexity index is 572. The third-order valence-electron chi connectivity index (χ3n) is 3.61. The fraction of sp³-hybridized carbons (Fsp3) is 0.571. The molecule has 7 heteroatoms. The molecule has 1 aromatic carbocycles. The summed E-state index contributed by atoms with van der Waals surface area (Å²) in [6.07, 6.45) is 3.24. The number of likely N-dealkylation sites (tertiary alicyclic amines) is 1. The Morgan fingerprint density at radius 3 is 2.67 bits per heavy atom. The number of aliphatic hydroxyl groups excluding tert-OH is 1. The molecule has 0 amide bonds. The Hall–Kier alpha value is -0.660. The summed E-state index contributed by atoms with van der Waals surface area (Å²) in [6.45, 7) is 3.30. The van der Waals surface area contributed by atoms with Crippen LogP contribution in [0.4, 0.5) is 0 Å². The predicted molar refractivity (Wildman–Crippen MR) is 82.9 cm³/mol. The van der Waals surface area contributed by atoms with Gasteiger partial charge in [0.05, 0.1) is 11.6 Å². The maximum Gasteiger partial charge on any atom is 0.242 e. The molecular formula is C14H21ClN2O3S. The van der Waals surface area contributed by atoms with Crippen molar-refractivity contribution >= 4 is 21.6 Å². The van der Waals surface area contributed by atoms with E-state index in [4.69, 9.17) is 16.7 Å². The van der Waals surface area contributed by atoms with E-state index >= 15 is 0 Å². The van der Waals surface area contributed by atoms with Crippen LogP contribution in [0.25, 0.3) is 0 Å². The van der Waals surface area contributed by atoms with Crippen molar-refractivity contribution in [2.45, 2.75) is 30.8 Å². The van der Waals surface area contributed by atoms with E-state index < -0.39 is 10.0 Å². The third kappa shape index (κ3) is 4.66. The predicted octanol–water partition coefficient (Wildman–Crippen LogP) is 1.60. The molecule has 0 unspecified atom stereocenters. The van der Waals surface area contributed by atoms with Gasteiger partial charge in [0, 0.05) is 6.54 Å². The summed E-state index contributed by atoms with van der Waals surface area (Å²) >= 11 is 5.95. The van der Waals surface area contributed by atoms with Gasteiger partial charge in [-0.25, -0.2) is 13.1 Å². The Kier molecular flexibility index (Phi) is 6.01. The van der Waals surface area contributed by atoms with Crippen molar-refractivity contribution in [2.24, 2.45) is 0 Å². The quantitative estimate of drug-likeness (QED) is 0.744. The fourth-order valence-corrected chi connectivity index (χ4v) is 4.07. The molecule has 1 aliphatic heterocycles. The highest BCUT2D eigenvalue weighted by molar-refractivity contribution is 7.89. The second kappa shape index (κ2) is 7.56. The normalized spacial score (nSPS) is 16.5. The number of nitrogens with one attached hydrogen (secondary N) is 1. The molecule has 1 aliphatic rings. The topological polar surface area (TPSA) is 69.6 Å². The molecule has 118 valence electrons. The Morgan fingerprint density at radius 1 is 1.29 bits per heavy atom. The van der Waals surface area contributed by atoms with Gasteiger partial charge in [-0.05, 0) is 56.6 Å². The molecule has 0 aliphatic carbocycles. The minimum Gasteiger partial charge on any atom is -0.392 e. The fourth-order valence-electron chi connectivity index (χ4n) is 2.45. The molecular weight excluding hydrogens is 312 g/mol. The molecule has 1 saturated heterocycles. The van der Waals surface area contributed by atoms with Crippen molar-refractivity contribution in [2.75, 3.05) is 26.2 Å². The van der Waals surface area contributed by atoms with Crippen LogP contribution < -0.4 is 4.72 Å². The van der Waals surface area contributed by atoms with Gasteiger partial charge in [-0.1, -0.05) is 17.7 Å². The maximum atomic E-state index is 12.2. The lowest BCUT2D eigenvalue weighted by Gasteiger charge is -2.14. The van der Waals surface area contributed by atoms with Crippen LogP contribution in [0, 0.1) is 0 Å². The zero-order valence-electron chi connectivity index (χ0n) is 11.9. The van der Waals surface area contributed by atoms with Crippen LogP contribution in [0.1, 0.15) is 24.8 Å². The summed E-state index contributed by atoms with van der Waals surface area (Å²) in [4.78, 5) is 2.37. The number of hydrogen-bond donors (Lipinski definition) is 2. The van der Waals surface area contributed by atoms with E-state index in [-0.39, 0.29) is 16.5 Å². The van der Waals surface area contributed by atoms with Gasteiger partial charge in [0.15, 0.2) is 0 Å². The highest BCUT2D eigenvalue weighted by Crippen LogP contribution is 2.22. The summed E-state index contributed by atoms with van der Waals surface area (Å²) < 4.78 is 27.0. The third-order valence-corrected chi connectivity index (χ3v) is 5.55. The van der Waals surface area contributed by atoms with E-state index in [0.717, 1.165) is 26.1 Å². The number of nitrogens with zero attached hydrogens (tertiary/aromatic N) is 1. The number of rotatable bonds is 7. The monoisotopic (exact) mass is 332 g/mol. The van der Waals surface area contributed by atoms with Crippen molar-refractivity contribution in [1.29, 1.82) is 0 Å². The second-order valence-corrected chi connectivity index (χ2v) is 7.37. The molecule has 1 fully saturated rings. The minimum atomic E-state index is -3.63. The molecule has 0 saturated carbocycles. The lowest BCUT2D eigenvalue weighted by Crippen LogP contribution is -2.29. The molecule has 1 aromatic rings. The summed E-state index contributed by atoms with van der Waals surface area (Å²) in [6, 6.07) is 4.51. The van der Waals surface area contributed by atoms with Gasteiger partial charge >= 0.3 is 0 Å². The molecule has 0 atom stereocenters. The number of benzene rings is 1. The average Bonchev–Trinajstić information content (AvgIpc) is 2.97. The Balaban J connectivity index is 1.91. The zero-order chi connectivity index (χ0) is 15.3. The molecule has 0 bridgehead atoms. The van der Waals surface area contributed by atoms with Crippen molar-refractivity contribution in [1.82, 2.24) is 9.62 Å². The molecule has 1 heterocycles. The summed E-state index contributed by atoms with van der Waals surface area (Å²) in [7, 11) is -3.63. The first kappa shape index (κ1) is 16.7. The first-order valence-electron chi connectivity index (χ1n) is 7.14. The van der Waals surface area contributed by atoms with Gasteiger partial charge in [0.1, 0.15) is 4.90 Å². The highest BCUT2D eigenvalue weighted by atomic mass is 35.5. The van der Waals surface area contributed by atoms with E-state index in [9.17, 15) is 8.42 Å². The molecule has 5 nitrogen and oxygen atoms in total. The Labute approximate surface area is 131 Å². The number of hydrogen-bond acceptors (Lipinski definition) is 4. The summed E-state index contributed by atoms with van der Waals surface area (Å²) in [5, 5.41) is 9.26. The van der Waals surface area contributed by atoms with E-state index in [1.54, 1.807) is 6.07 Å². The van der Waals surface area contributed by atoms with Crippen molar-refractivity contribution < 1.29 is 13.5 Å². The Morgan fingerprint density at radius 2 is 2.00 bits per heavy atom. The largest absolute Gasteiger partial charge is 0.392 e. The minimum absolute atomic E-state index is 0.0249. The van der Waals surface area contributed by atoms with Crippen LogP contribution >= 0.6 is 11.6 Å². The summed E-state index contributed by atoms with van der Waals surface area (Å²) in [5.74, 6) is 0. The molecule has 2 rings (SSSR count). The van der Waals surface area contributed by atoms with E-state index in [1.165, 1.54) is 25.0 Å². The molecule has 0 aromatic heterocycles. The van der Waals surface area contributed by atoms with E-state index in [0.29, 0.717) is 12.1 Å². The first-order valence-corrected chi connectivity index (χ1v) is 9.00. The van der Waals surface area contributed by atoms with Gasteiger partial charge < -0.3 is 10.0 Å². The molecule has 21 heavy (non-hydrogen) atoms. The first-order chi connectivity index (χ1) is 10.0. The van der Waals surface area contributed by atoms with Gasteiger partial charge in [-0.3, -0.25) is 0 Å². The number of aliphatic hydroxyl groups is 1. The molecule has 2 N–H and O–H groups in total. The van der Waals surface area contributed by atoms with Crippen LogP contribution in [0.2, 0.25) is 5.02 Å². The van der Waals surface area contributed by atoms with Crippen LogP contribution in [0.5, 0.6) is 0 Å². The van der Waals surface area contributed by atoms with Crippen LogP contribution in [0.15, 0.2) is 23.1 Å². The average molecular weight is 333 g/mol. The lowest BCUT2D eigenvalue weighted by atomic mass is 10.2. The maximum absolute atomic E-state index is 12.2. The van der Waals surface area contributed by atoms with Gasteiger partial charge in [0.2, 0.25) is 10.0 Å². The number of sulfonamides is 1. The van der Waals surface area contributed by atoms with E-state index in [2.05, 4.69) is 9.62 Å². The second-order valence-electron chi connectivity index (χ2n) is 5.22. The van der Waals surface area contributed by atoms with Crippen molar-refractivity contribution in [3.8, 4) is 0 Å². The van der Waals surface area contributed by atoms with Gasteiger partial charge in [-0.2, -0.15) is 0 Å². The standard InChI is InChI=1S/C14H21ClN2O3S/c15-13-5-4-12(11-18)10-14(13)21(19,20)16-6-3-9-17-7-1-2-8-17/h4-5,10,16,18H,1-3,6-9,11H2. The van der Waals surface area contributed by atoms with Crippen molar-refractivity contribution in [3.63, 3.8) is 0 Å². The van der Waals surface area contributed by atoms with Gasteiger partial charge in [-0.15, -0.1) is 0 Å². The van der Waals surface area contributed by atoms with Crippen LogP contribution in [-0.4, -0.2) is 44.6 Å². The molecule has 0 spiro atoms. The number of halogens is 1. The summed E-state index contributed by atoms with van der Waals surface area (Å²) in [5.41, 5.74) is 0.525. The van der Waals surface area contributed by atoms with Crippen LogP contribution in [0.3, 0.4) is 0 Å². The highest BCUT2D eigenvalue weighted by Gasteiger charge is 2.18. The van der Waals surface area contributed by atoms with Crippen molar-refractivity contribution in [3.05, 3.63) is 28.8 Å².